The molecule has 16 heavy (non-hydrogen) atoms. The highest BCUT2D eigenvalue weighted by molar-refractivity contribution is 9.11. The number of anilines is 1. The number of halogens is 2. The molecular formula is C10H12Br2N2O2. The maximum atomic E-state index is 11.4. The van der Waals surface area contributed by atoms with Gasteiger partial charge in [0.05, 0.1) is 11.8 Å². The molecule has 0 saturated heterocycles. The first-order chi connectivity index (χ1) is 7.49. The number of hydrogen-bond acceptors (Lipinski definition) is 2. The second-order valence-corrected chi connectivity index (χ2v) is 5.08. The van der Waals surface area contributed by atoms with E-state index in [2.05, 4.69) is 42.5 Å². The monoisotopic (exact) mass is 350 g/mol. The van der Waals surface area contributed by atoms with Crippen molar-refractivity contribution in [3.63, 3.8) is 0 Å². The number of benzene rings is 1. The van der Waals surface area contributed by atoms with Crippen molar-refractivity contribution in [2.45, 2.75) is 13.0 Å². The van der Waals surface area contributed by atoms with E-state index in [-0.39, 0.29) is 12.6 Å². The van der Waals surface area contributed by atoms with Gasteiger partial charge < -0.3 is 15.7 Å². The Kier molecular flexibility index (Phi) is 5.24. The topological polar surface area (TPSA) is 61.4 Å². The van der Waals surface area contributed by atoms with E-state index in [0.29, 0.717) is 5.69 Å². The highest BCUT2D eigenvalue weighted by Gasteiger charge is 2.06. The van der Waals surface area contributed by atoms with Crippen molar-refractivity contribution in [1.82, 2.24) is 5.32 Å². The van der Waals surface area contributed by atoms with Gasteiger partial charge in [0.2, 0.25) is 0 Å². The number of aliphatic hydroxyl groups is 1. The number of amides is 2. The van der Waals surface area contributed by atoms with E-state index in [1.165, 1.54) is 0 Å². The van der Waals surface area contributed by atoms with Crippen LogP contribution >= 0.6 is 31.9 Å². The Morgan fingerprint density at radius 2 is 2.19 bits per heavy atom. The summed E-state index contributed by atoms with van der Waals surface area (Å²) in [4.78, 5) is 11.4. The molecule has 1 atom stereocenters. The lowest BCUT2D eigenvalue weighted by molar-refractivity contribution is 0.190. The van der Waals surface area contributed by atoms with Gasteiger partial charge in [-0.05, 0) is 41.1 Å². The molecule has 0 fully saturated rings. The molecule has 3 N–H and O–H groups in total. The number of carbonyl (C=O) groups excluding carboxylic acids is 1. The standard InChI is InChI=1S/C10H12Br2N2O2/c1-6(15)5-13-10(16)14-9-3-2-7(11)4-8(9)12/h2-4,6,15H,5H2,1H3,(H2,13,14,16)/t6-/m1/s1. The minimum atomic E-state index is -0.556. The highest BCUT2D eigenvalue weighted by atomic mass is 79.9. The number of hydrogen-bond donors (Lipinski definition) is 3. The molecule has 1 rings (SSSR count). The molecule has 2 amide bonds. The van der Waals surface area contributed by atoms with Crippen molar-refractivity contribution in [1.29, 1.82) is 0 Å². The maximum absolute atomic E-state index is 11.4. The Labute approximate surface area is 111 Å². The highest BCUT2D eigenvalue weighted by Crippen LogP contribution is 2.25. The normalized spacial score (nSPS) is 12.0. The third-order valence-corrected chi connectivity index (χ3v) is 2.89. The molecule has 0 aromatic heterocycles. The zero-order chi connectivity index (χ0) is 12.1. The quantitative estimate of drug-likeness (QED) is 0.784. The molecule has 6 heteroatoms. The van der Waals surface area contributed by atoms with Crippen molar-refractivity contribution in [3.8, 4) is 0 Å². The van der Waals surface area contributed by atoms with Crippen LogP contribution in [0.5, 0.6) is 0 Å². The molecule has 1 aromatic carbocycles. The Balaban J connectivity index is 2.56. The molecule has 1 aromatic rings. The third kappa shape index (κ3) is 4.51. The second kappa shape index (κ2) is 6.22. The molecular weight excluding hydrogens is 340 g/mol. The van der Waals surface area contributed by atoms with Crippen molar-refractivity contribution in [3.05, 3.63) is 27.1 Å². The third-order valence-electron chi connectivity index (χ3n) is 1.74. The summed E-state index contributed by atoms with van der Waals surface area (Å²) in [5.74, 6) is 0. The summed E-state index contributed by atoms with van der Waals surface area (Å²) in [6, 6.07) is 5.10. The van der Waals surface area contributed by atoms with Crippen LogP contribution in [0.2, 0.25) is 0 Å². The van der Waals surface area contributed by atoms with E-state index in [4.69, 9.17) is 5.11 Å². The molecule has 0 aliphatic heterocycles. The second-order valence-electron chi connectivity index (χ2n) is 3.31. The zero-order valence-electron chi connectivity index (χ0n) is 8.63. The lowest BCUT2D eigenvalue weighted by Gasteiger charge is -2.10. The fourth-order valence-corrected chi connectivity index (χ4v) is 2.14. The van der Waals surface area contributed by atoms with E-state index in [1.807, 2.05) is 12.1 Å². The van der Waals surface area contributed by atoms with E-state index in [1.54, 1.807) is 13.0 Å². The van der Waals surface area contributed by atoms with Crippen molar-refractivity contribution in [2.75, 3.05) is 11.9 Å². The molecule has 0 unspecified atom stereocenters. The average Bonchev–Trinajstić information content (AvgIpc) is 2.19. The average molecular weight is 352 g/mol. The van der Waals surface area contributed by atoms with Gasteiger partial charge in [0.25, 0.3) is 0 Å². The molecule has 0 aliphatic rings. The summed E-state index contributed by atoms with van der Waals surface area (Å²) < 4.78 is 1.71. The molecule has 0 heterocycles. The zero-order valence-corrected chi connectivity index (χ0v) is 11.8. The van der Waals surface area contributed by atoms with Gasteiger partial charge in [-0.1, -0.05) is 15.9 Å². The van der Waals surface area contributed by atoms with E-state index >= 15 is 0 Å². The van der Waals surface area contributed by atoms with Gasteiger partial charge >= 0.3 is 6.03 Å². The van der Waals surface area contributed by atoms with Crippen LogP contribution in [0.1, 0.15) is 6.92 Å². The maximum Gasteiger partial charge on any atom is 0.319 e. The van der Waals surface area contributed by atoms with Gasteiger partial charge in [0, 0.05) is 15.5 Å². The van der Waals surface area contributed by atoms with Gasteiger partial charge in [-0.25, -0.2) is 4.79 Å². The van der Waals surface area contributed by atoms with Gasteiger partial charge in [-0.3, -0.25) is 0 Å². The summed E-state index contributed by atoms with van der Waals surface area (Å²) in [6.07, 6.45) is -0.556. The van der Waals surface area contributed by atoms with Crippen LogP contribution in [0.15, 0.2) is 27.1 Å². The summed E-state index contributed by atoms with van der Waals surface area (Å²) in [7, 11) is 0. The van der Waals surface area contributed by atoms with Crippen LogP contribution in [0.25, 0.3) is 0 Å². The first kappa shape index (κ1) is 13.5. The molecule has 0 spiro atoms. The first-order valence-electron chi connectivity index (χ1n) is 4.67. The SMILES string of the molecule is C[C@@H](O)CNC(=O)Nc1ccc(Br)cc1Br. The number of rotatable bonds is 3. The van der Waals surface area contributed by atoms with E-state index in [0.717, 1.165) is 8.95 Å². The summed E-state index contributed by atoms with van der Waals surface area (Å²) in [5.41, 5.74) is 0.672. The summed E-state index contributed by atoms with van der Waals surface area (Å²) in [5, 5.41) is 14.2. The first-order valence-corrected chi connectivity index (χ1v) is 6.25. The van der Waals surface area contributed by atoms with Crippen LogP contribution in [0, 0.1) is 0 Å². The van der Waals surface area contributed by atoms with Crippen molar-refractivity contribution in [2.24, 2.45) is 0 Å². The molecule has 0 saturated carbocycles. The van der Waals surface area contributed by atoms with Crippen molar-refractivity contribution >= 4 is 43.6 Å². The Bertz CT molecular complexity index is 383. The fraction of sp³-hybridized carbons (Fsp3) is 0.300. The fourth-order valence-electron chi connectivity index (χ4n) is 0.998. The predicted molar refractivity (Wildman–Crippen MR) is 70.5 cm³/mol. The lowest BCUT2D eigenvalue weighted by Crippen LogP contribution is -2.34. The minimum absolute atomic E-state index is 0.222. The lowest BCUT2D eigenvalue weighted by atomic mass is 10.3. The summed E-state index contributed by atoms with van der Waals surface area (Å²) >= 11 is 6.65. The van der Waals surface area contributed by atoms with E-state index in [9.17, 15) is 4.79 Å². The Hall–Kier alpha value is -0.590. The predicted octanol–water partition coefficient (Wildman–Crippen LogP) is 2.71. The smallest absolute Gasteiger partial charge is 0.319 e. The van der Waals surface area contributed by atoms with Crippen LogP contribution in [-0.4, -0.2) is 23.8 Å². The van der Waals surface area contributed by atoms with Crippen LogP contribution in [0.4, 0.5) is 10.5 Å². The molecule has 88 valence electrons. The van der Waals surface area contributed by atoms with Gasteiger partial charge in [-0.2, -0.15) is 0 Å². The van der Waals surface area contributed by atoms with Crippen LogP contribution in [-0.2, 0) is 0 Å². The van der Waals surface area contributed by atoms with Crippen molar-refractivity contribution < 1.29 is 9.90 Å². The molecule has 4 nitrogen and oxygen atoms in total. The van der Waals surface area contributed by atoms with Gasteiger partial charge in [0.1, 0.15) is 0 Å². The Morgan fingerprint density at radius 1 is 1.50 bits per heavy atom. The summed E-state index contributed by atoms with van der Waals surface area (Å²) in [6.45, 7) is 1.83. The van der Waals surface area contributed by atoms with Crippen LogP contribution in [0.3, 0.4) is 0 Å². The Morgan fingerprint density at radius 3 is 2.75 bits per heavy atom. The minimum Gasteiger partial charge on any atom is -0.392 e. The van der Waals surface area contributed by atoms with Gasteiger partial charge in [-0.15, -0.1) is 0 Å². The van der Waals surface area contributed by atoms with E-state index < -0.39 is 6.10 Å². The largest absolute Gasteiger partial charge is 0.392 e. The number of nitrogens with one attached hydrogen (secondary N) is 2. The number of carbonyl (C=O) groups is 1. The number of aliphatic hydroxyl groups excluding tert-OH is 1. The van der Waals surface area contributed by atoms with Gasteiger partial charge in [0.15, 0.2) is 0 Å². The molecule has 0 bridgehead atoms. The molecule has 0 aliphatic carbocycles. The molecule has 0 radical (unpaired) electrons. The van der Waals surface area contributed by atoms with Crippen LogP contribution < -0.4 is 10.6 Å². The number of urea groups is 1.